The van der Waals surface area contributed by atoms with Gasteiger partial charge in [0.1, 0.15) is 27.6 Å². The van der Waals surface area contributed by atoms with E-state index in [0.717, 1.165) is 237 Å². The highest BCUT2D eigenvalue weighted by atomic mass is 15.3. The molecule has 0 aliphatic rings. The second kappa shape index (κ2) is 39.4. The van der Waals surface area contributed by atoms with Gasteiger partial charge in [-0.05, 0) is 92.0 Å². The second-order valence-corrected chi connectivity index (χ2v) is 33.2. The van der Waals surface area contributed by atoms with Crippen molar-refractivity contribution >= 4 is 169 Å². The fourth-order valence-electron chi connectivity index (χ4n) is 15.3. The van der Waals surface area contributed by atoms with E-state index in [2.05, 4.69) is 234 Å². The zero-order chi connectivity index (χ0) is 83.9. The van der Waals surface area contributed by atoms with Gasteiger partial charge in [-0.2, -0.15) is 0 Å². The number of rotatable bonds is 29. The molecule has 0 aliphatic heterocycles. The fraction of sp³-hybridized carbons (Fsp3) is 0.457. The summed E-state index contributed by atoms with van der Waals surface area (Å²) in [5.74, 6) is 9.86. The van der Waals surface area contributed by atoms with Gasteiger partial charge in [-0.3, -0.25) is 0 Å². The molecule has 5 aromatic carbocycles. The SMILES string of the molecule is CCCCCN(C)c1nc2c(N)nc3ccccc3c2n1CC(C)C.CCCCN(C)c1nc2c(N)nc3ccccc3c2n1CC(C)C.CCCCNc1nc2c(N)nc3ccccc3c2n1CC(C)C.CCCN(C)c1nc2c(N)nc3ccccc3c2n1CC(C)C.CCCNc1nc2c(N)nc3ccccc3c2n1CC(C)C. The van der Waals surface area contributed by atoms with E-state index < -0.39 is 0 Å². The molecule has 10 heterocycles. The van der Waals surface area contributed by atoms with Gasteiger partial charge in [0.15, 0.2) is 29.1 Å². The van der Waals surface area contributed by atoms with Crippen LogP contribution in [0, 0.1) is 29.6 Å². The summed E-state index contributed by atoms with van der Waals surface area (Å²) in [4.78, 5) is 53.4. The fourth-order valence-corrected chi connectivity index (χ4v) is 15.3. The van der Waals surface area contributed by atoms with Crippen molar-refractivity contribution in [1.82, 2.24) is 72.7 Å². The number of unbranched alkanes of at least 4 members (excludes halogenated alkanes) is 4. The standard InChI is InChI=1S/C20H29N5.C19H27N5.2C18H25N5.C17H23N5/c1-5-6-9-12-24(4)20-23-17-18(25(20)13-14(2)3)15-10-7-8-11-16(15)22-19(17)21;1-5-6-11-23(4)19-22-16-17(24(19)12-13(2)3)14-9-7-8-10-15(14)21-18(16)20;1-5-10-22(4)18-21-15-16(23(18)11-12(2)3)13-8-6-7-9-14(13)20-17(15)19;1-4-5-10-20-18-22-15-16(23(18)11-12(2)3)13-8-6-7-9-14(13)21-17(15)19;1-4-9-19-17-21-14-15(22(17)10-11(2)3)12-7-5-6-8-13(12)20-16(14)18/h7-8,10-11,14H,5-6,9,12-13H2,1-4H3,(H2,21,22);7-10,13H,5-6,11-12H2,1-4H3,(H2,20,21);6-9,12H,5,10-11H2,1-4H3,(H2,19,20);6-9,12H,4-5,10-11H2,1-3H3,(H2,19,21)(H,20,22);5-8,11H,4,9-10H2,1-3H3,(H2,18,20)(H,19,21). The number of anilines is 10. The van der Waals surface area contributed by atoms with Crippen LogP contribution in [0.15, 0.2) is 121 Å². The first-order chi connectivity index (χ1) is 56.3. The van der Waals surface area contributed by atoms with Crippen LogP contribution in [0.4, 0.5) is 58.8 Å². The molecule has 0 spiro atoms. The van der Waals surface area contributed by atoms with Gasteiger partial charge < -0.3 is 76.8 Å². The minimum atomic E-state index is 0.496. The van der Waals surface area contributed by atoms with E-state index >= 15 is 0 Å². The van der Waals surface area contributed by atoms with Gasteiger partial charge in [-0.1, -0.05) is 221 Å². The molecule has 15 rings (SSSR count). The Morgan fingerprint density at radius 2 is 0.538 bits per heavy atom. The Hall–Kier alpha value is -11.5. The molecule has 0 unspecified atom stereocenters. The lowest BCUT2D eigenvalue weighted by molar-refractivity contribution is 0.529. The molecule has 622 valence electrons. The number of pyridine rings is 5. The summed E-state index contributed by atoms with van der Waals surface area (Å²) >= 11 is 0. The smallest absolute Gasteiger partial charge is 0.206 e. The lowest BCUT2D eigenvalue weighted by Gasteiger charge is -2.21. The van der Waals surface area contributed by atoms with Crippen molar-refractivity contribution in [3.8, 4) is 0 Å². The Morgan fingerprint density at radius 1 is 0.282 bits per heavy atom. The Bertz CT molecular complexity index is 5820. The first kappa shape index (κ1) is 86.4. The number of nitrogen functional groups attached to an aromatic ring is 5. The monoisotopic (exact) mass is 1580 g/mol. The third-order valence-corrected chi connectivity index (χ3v) is 20.6. The van der Waals surface area contributed by atoms with Gasteiger partial charge in [0.2, 0.25) is 29.7 Å². The van der Waals surface area contributed by atoms with Crippen molar-refractivity contribution in [2.75, 3.05) is 108 Å². The van der Waals surface area contributed by atoms with Crippen LogP contribution in [0.25, 0.3) is 110 Å². The number of aromatic nitrogens is 15. The highest BCUT2D eigenvalue weighted by molar-refractivity contribution is 6.11. The van der Waals surface area contributed by atoms with Crippen LogP contribution in [0.2, 0.25) is 0 Å². The van der Waals surface area contributed by atoms with Crippen LogP contribution in [-0.4, -0.2) is 127 Å². The number of para-hydroxylation sites is 5. The van der Waals surface area contributed by atoms with Gasteiger partial charge in [-0.25, -0.2) is 49.8 Å². The predicted octanol–water partition coefficient (Wildman–Crippen LogP) is 19.9. The maximum absolute atomic E-state index is 6.25. The maximum atomic E-state index is 6.25. The zero-order valence-electron chi connectivity index (χ0n) is 72.8. The lowest BCUT2D eigenvalue weighted by atomic mass is 10.1. The topological polar surface area (TPSA) is 317 Å². The number of imidazole rings is 5. The highest BCUT2D eigenvalue weighted by Crippen LogP contribution is 2.38. The molecule has 0 aliphatic carbocycles. The van der Waals surface area contributed by atoms with Gasteiger partial charge in [0, 0.05) is 114 Å². The third-order valence-electron chi connectivity index (χ3n) is 20.6. The van der Waals surface area contributed by atoms with Crippen LogP contribution in [-0.2, 0) is 32.7 Å². The summed E-state index contributed by atoms with van der Waals surface area (Å²) in [6.07, 6.45) is 10.4. The van der Waals surface area contributed by atoms with Gasteiger partial charge >= 0.3 is 0 Å². The third kappa shape index (κ3) is 19.6. The number of fused-ring (bicyclic) bond motifs is 15. The molecule has 0 saturated carbocycles. The number of hydrogen-bond donors (Lipinski definition) is 7. The molecule has 25 heteroatoms. The summed E-state index contributed by atoms with van der Waals surface area (Å²) in [7, 11) is 6.33. The van der Waals surface area contributed by atoms with E-state index in [-0.39, 0.29) is 0 Å². The average Bonchev–Trinajstić information content (AvgIpc) is 1.63. The van der Waals surface area contributed by atoms with Crippen LogP contribution in [0.3, 0.4) is 0 Å². The average molecular weight is 1590 g/mol. The van der Waals surface area contributed by atoms with Crippen molar-refractivity contribution in [3.63, 3.8) is 0 Å². The normalized spacial score (nSPS) is 11.7. The van der Waals surface area contributed by atoms with E-state index in [4.69, 9.17) is 53.6 Å². The number of hydrogen-bond acceptors (Lipinski definition) is 20. The van der Waals surface area contributed by atoms with Crippen molar-refractivity contribution in [2.45, 2.75) is 194 Å². The molecule has 25 nitrogen and oxygen atoms in total. The van der Waals surface area contributed by atoms with Crippen LogP contribution in [0.1, 0.15) is 162 Å². The van der Waals surface area contributed by atoms with Gasteiger partial charge in [-0.15, -0.1) is 0 Å². The molecule has 12 N–H and O–H groups in total. The molecular formula is C92H129N25. The molecule has 15 aromatic rings. The quantitative estimate of drug-likeness (QED) is 0.0214. The van der Waals surface area contributed by atoms with E-state index in [9.17, 15) is 0 Å². The van der Waals surface area contributed by atoms with Gasteiger partial charge in [0.25, 0.3) is 0 Å². The molecule has 10 aromatic heterocycles. The Morgan fingerprint density at radius 3 is 0.821 bits per heavy atom. The molecule has 0 fully saturated rings. The summed E-state index contributed by atoms with van der Waals surface area (Å²) in [5, 5.41) is 12.4. The number of nitrogens with two attached hydrogens (primary N) is 5. The molecule has 0 atom stereocenters. The summed E-state index contributed by atoms with van der Waals surface area (Å²) in [5.41, 5.74) is 45.1. The minimum absolute atomic E-state index is 0.496. The van der Waals surface area contributed by atoms with E-state index in [1.807, 2.05) is 84.9 Å². The highest BCUT2D eigenvalue weighted by Gasteiger charge is 2.26. The zero-order valence-corrected chi connectivity index (χ0v) is 72.8. The maximum Gasteiger partial charge on any atom is 0.206 e. The van der Waals surface area contributed by atoms with E-state index in [1.165, 1.54) is 25.7 Å². The number of nitrogens with zero attached hydrogens (tertiary/aromatic N) is 18. The Kier molecular flexibility index (Phi) is 29.1. The van der Waals surface area contributed by atoms with E-state index in [1.54, 1.807) is 0 Å². The second-order valence-electron chi connectivity index (χ2n) is 33.2. The molecule has 117 heavy (non-hydrogen) atoms. The van der Waals surface area contributed by atoms with Crippen molar-refractivity contribution in [3.05, 3.63) is 121 Å². The molecule has 0 saturated heterocycles. The molecular weight excluding hydrogens is 1460 g/mol. The predicted molar refractivity (Wildman–Crippen MR) is 498 cm³/mol. The summed E-state index contributed by atoms with van der Waals surface area (Å²) in [6.45, 7) is 42.5. The van der Waals surface area contributed by atoms with Crippen molar-refractivity contribution in [1.29, 1.82) is 0 Å². The number of nitrogens with one attached hydrogen (secondary N) is 2. The minimum Gasteiger partial charge on any atom is -0.382 e. The first-order valence-electron chi connectivity index (χ1n) is 42.6. The Labute approximate surface area is 690 Å². The summed E-state index contributed by atoms with van der Waals surface area (Å²) in [6, 6.07) is 40.7. The summed E-state index contributed by atoms with van der Waals surface area (Å²) < 4.78 is 11.4. The first-order valence-corrected chi connectivity index (χ1v) is 42.6. The van der Waals surface area contributed by atoms with Crippen LogP contribution < -0.4 is 54.0 Å². The van der Waals surface area contributed by atoms with Gasteiger partial charge in [0.05, 0.1) is 55.2 Å². The van der Waals surface area contributed by atoms with Crippen LogP contribution >= 0.6 is 0 Å². The van der Waals surface area contributed by atoms with Crippen LogP contribution in [0.5, 0.6) is 0 Å². The molecule has 0 bridgehead atoms. The lowest BCUT2D eigenvalue weighted by Crippen LogP contribution is -2.23. The van der Waals surface area contributed by atoms with E-state index in [0.29, 0.717) is 58.7 Å². The molecule has 0 amide bonds. The van der Waals surface area contributed by atoms with Crippen molar-refractivity contribution < 1.29 is 0 Å². The largest absolute Gasteiger partial charge is 0.382 e. The van der Waals surface area contributed by atoms with Crippen molar-refractivity contribution in [2.24, 2.45) is 29.6 Å². The Balaban J connectivity index is 0.000000144. The molecule has 0 radical (unpaired) electrons. The number of benzene rings is 5.